The van der Waals surface area contributed by atoms with Gasteiger partial charge in [-0.3, -0.25) is 4.79 Å². The Morgan fingerprint density at radius 1 is 1.27 bits per heavy atom. The Morgan fingerprint density at radius 3 is 2.73 bits per heavy atom. The molecule has 1 aromatic heterocycles. The summed E-state index contributed by atoms with van der Waals surface area (Å²) in [4.78, 5) is 23.7. The monoisotopic (exact) mass is 477 g/mol. The molecule has 1 aromatic rings. The Kier molecular flexibility index (Phi) is 7.05. The first-order valence-electron chi connectivity index (χ1n) is 11.2. The number of pyridine rings is 1. The second-order valence-corrected chi connectivity index (χ2v) is 9.84. The van der Waals surface area contributed by atoms with Crippen molar-refractivity contribution in [2.45, 2.75) is 63.5 Å². The van der Waals surface area contributed by atoms with Crippen LogP contribution in [-0.4, -0.2) is 53.6 Å². The number of piperidine rings is 1. The van der Waals surface area contributed by atoms with Crippen LogP contribution in [0.5, 0.6) is 0 Å². The molecular weight excluding hydrogens is 446 g/mol. The predicted octanol–water partition coefficient (Wildman–Crippen LogP) is 2.86. The van der Waals surface area contributed by atoms with E-state index in [0.717, 1.165) is 30.3 Å². The van der Waals surface area contributed by atoms with Crippen LogP contribution in [-0.2, 0) is 0 Å². The number of hydrogen-bond donors (Lipinski definition) is 3. The summed E-state index contributed by atoms with van der Waals surface area (Å²) in [7, 11) is 0. The fraction of sp³-hybridized carbons (Fsp3) is 0.682. The van der Waals surface area contributed by atoms with Gasteiger partial charge in [-0.05, 0) is 54.1 Å². The van der Waals surface area contributed by atoms with Crippen molar-refractivity contribution in [3.63, 3.8) is 0 Å². The smallest absolute Gasteiger partial charge is 0.282 e. The molecule has 2 unspecified atom stereocenters. The van der Waals surface area contributed by atoms with Crippen LogP contribution in [0.25, 0.3) is 0 Å². The number of rotatable bonds is 6. The standard InChI is InChI=1S/C22H32BrN5O2/c23-16-10-18(22(30)27-20(24)14-6-7-14)21(25-11-16)28-9-8-19(15(12-28)13-29)26-17-4-2-1-3-5-17/h10-11,14-15,17,19,26,29H,1-9,12-13H2,(H2,24,27,30). The number of hydrogen-bond acceptors (Lipinski definition) is 5. The number of anilines is 1. The van der Waals surface area contributed by atoms with E-state index in [1.54, 1.807) is 12.3 Å². The minimum absolute atomic E-state index is 0.106. The Labute approximate surface area is 186 Å². The highest BCUT2D eigenvalue weighted by Gasteiger charge is 2.33. The number of nitrogens with one attached hydrogen (secondary N) is 1. The van der Waals surface area contributed by atoms with Crippen LogP contribution in [0, 0.1) is 11.8 Å². The first-order chi connectivity index (χ1) is 14.5. The highest BCUT2D eigenvalue weighted by Crippen LogP contribution is 2.31. The number of nitrogens with two attached hydrogens (primary N) is 1. The maximum absolute atomic E-state index is 12.9. The molecule has 2 heterocycles. The third-order valence-electron chi connectivity index (χ3n) is 6.61. The Balaban J connectivity index is 1.48. The summed E-state index contributed by atoms with van der Waals surface area (Å²) in [6.07, 6.45) is 11.0. The lowest BCUT2D eigenvalue weighted by molar-refractivity contribution is 0.100. The fourth-order valence-electron chi connectivity index (χ4n) is 4.69. The highest BCUT2D eigenvalue weighted by atomic mass is 79.9. The number of aromatic nitrogens is 1. The number of aliphatic hydroxyl groups excluding tert-OH is 1. The molecule has 0 aromatic carbocycles. The second-order valence-electron chi connectivity index (χ2n) is 8.93. The quantitative estimate of drug-likeness (QED) is 0.429. The summed E-state index contributed by atoms with van der Waals surface area (Å²) in [5.41, 5.74) is 6.44. The van der Waals surface area contributed by atoms with E-state index >= 15 is 0 Å². The molecule has 1 saturated heterocycles. The zero-order chi connectivity index (χ0) is 21.1. The Bertz CT molecular complexity index is 792. The summed E-state index contributed by atoms with van der Waals surface area (Å²) in [5, 5.41) is 13.9. The van der Waals surface area contributed by atoms with Crippen molar-refractivity contribution >= 4 is 33.5 Å². The van der Waals surface area contributed by atoms with Crippen LogP contribution in [0.4, 0.5) is 5.82 Å². The summed E-state index contributed by atoms with van der Waals surface area (Å²) in [6, 6.07) is 2.63. The van der Waals surface area contributed by atoms with Crippen molar-refractivity contribution < 1.29 is 9.90 Å². The average Bonchev–Trinajstić information content (AvgIpc) is 3.60. The molecule has 2 atom stereocenters. The van der Waals surface area contributed by atoms with E-state index in [0.29, 0.717) is 35.8 Å². The zero-order valence-corrected chi connectivity index (χ0v) is 19.0. The Hall–Kier alpha value is -1.51. The van der Waals surface area contributed by atoms with Crippen LogP contribution in [0.1, 0.15) is 61.7 Å². The fourth-order valence-corrected chi connectivity index (χ4v) is 5.02. The minimum Gasteiger partial charge on any atom is -0.396 e. The number of carbonyl (C=O) groups excluding carboxylic acids is 1. The van der Waals surface area contributed by atoms with Crippen molar-refractivity contribution in [2.24, 2.45) is 22.6 Å². The molecule has 30 heavy (non-hydrogen) atoms. The van der Waals surface area contributed by atoms with Crippen molar-refractivity contribution in [2.75, 3.05) is 24.6 Å². The first kappa shape index (κ1) is 21.7. The van der Waals surface area contributed by atoms with Gasteiger partial charge in [0.2, 0.25) is 0 Å². The van der Waals surface area contributed by atoms with Gasteiger partial charge in [0.05, 0.1) is 5.56 Å². The van der Waals surface area contributed by atoms with Crippen LogP contribution >= 0.6 is 15.9 Å². The molecule has 0 spiro atoms. The highest BCUT2D eigenvalue weighted by molar-refractivity contribution is 9.10. The number of amides is 1. The molecule has 0 bridgehead atoms. The van der Waals surface area contributed by atoms with Crippen LogP contribution in [0.15, 0.2) is 21.7 Å². The van der Waals surface area contributed by atoms with E-state index in [1.807, 2.05) is 0 Å². The van der Waals surface area contributed by atoms with Gasteiger partial charge in [-0.2, -0.15) is 4.99 Å². The van der Waals surface area contributed by atoms with Crippen molar-refractivity contribution in [1.29, 1.82) is 0 Å². The number of aliphatic hydroxyl groups is 1. The molecule has 2 aliphatic carbocycles. The van der Waals surface area contributed by atoms with E-state index in [2.05, 4.69) is 36.1 Å². The molecule has 164 valence electrons. The van der Waals surface area contributed by atoms with E-state index < -0.39 is 0 Å². The van der Waals surface area contributed by atoms with Crippen molar-refractivity contribution in [3.8, 4) is 0 Å². The lowest BCUT2D eigenvalue weighted by Gasteiger charge is -2.41. The summed E-state index contributed by atoms with van der Waals surface area (Å²) < 4.78 is 0.738. The molecule has 3 aliphatic rings. The Morgan fingerprint density at radius 2 is 2.03 bits per heavy atom. The lowest BCUT2D eigenvalue weighted by Crippen LogP contribution is -2.54. The van der Waals surface area contributed by atoms with Crippen LogP contribution in [0.3, 0.4) is 0 Å². The molecule has 1 aliphatic heterocycles. The molecule has 0 radical (unpaired) electrons. The van der Waals surface area contributed by atoms with Gasteiger partial charge in [0.1, 0.15) is 11.7 Å². The number of amidine groups is 1. The SMILES string of the molecule is NC(=NC(=O)c1cc(Br)cnc1N1CCC(NC2CCCCC2)C(CO)C1)C1CC1. The maximum Gasteiger partial charge on any atom is 0.282 e. The number of carbonyl (C=O) groups is 1. The third kappa shape index (κ3) is 5.21. The summed E-state index contributed by atoms with van der Waals surface area (Å²) >= 11 is 3.42. The zero-order valence-electron chi connectivity index (χ0n) is 17.4. The summed E-state index contributed by atoms with van der Waals surface area (Å²) in [5.74, 6) is 1.07. The van der Waals surface area contributed by atoms with Gasteiger partial charge in [0.25, 0.3) is 5.91 Å². The van der Waals surface area contributed by atoms with E-state index in [1.165, 1.54) is 32.1 Å². The number of nitrogens with zero attached hydrogens (tertiary/aromatic N) is 3. The van der Waals surface area contributed by atoms with Crippen molar-refractivity contribution in [1.82, 2.24) is 10.3 Å². The molecule has 7 nitrogen and oxygen atoms in total. The molecule has 4 N–H and O–H groups in total. The topological polar surface area (TPSA) is 104 Å². The average molecular weight is 478 g/mol. The molecule has 2 saturated carbocycles. The largest absolute Gasteiger partial charge is 0.396 e. The molecule has 4 rings (SSSR count). The normalized spacial score (nSPS) is 26.1. The minimum atomic E-state index is -0.341. The van der Waals surface area contributed by atoms with E-state index in [9.17, 15) is 9.90 Å². The molecular formula is C22H32BrN5O2. The van der Waals surface area contributed by atoms with Gasteiger partial charge in [-0.25, -0.2) is 4.98 Å². The number of halogens is 1. The first-order valence-corrected chi connectivity index (χ1v) is 12.0. The number of aliphatic imine (C=N–C) groups is 1. The third-order valence-corrected chi connectivity index (χ3v) is 7.05. The van der Waals surface area contributed by atoms with Gasteiger partial charge in [-0.1, -0.05) is 19.3 Å². The predicted molar refractivity (Wildman–Crippen MR) is 122 cm³/mol. The van der Waals surface area contributed by atoms with Crippen LogP contribution in [0.2, 0.25) is 0 Å². The van der Waals surface area contributed by atoms with Gasteiger partial charge in [0, 0.05) is 54.3 Å². The van der Waals surface area contributed by atoms with Gasteiger partial charge < -0.3 is 21.1 Å². The maximum atomic E-state index is 12.9. The van der Waals surface area contributed by atoms with Gasteiger partial charge in [0.15, 0.2) is 0 Å². The van der Waals surface area contributed by atoms with Crippen molar-refractivity contribution in [3.05, 3.63) is 22.3 Å². The summed E-state index contributed by atoms with van der Waals surface area (Å²) in [6.45, 7) is 1.57. The van der Waals surface area contributed by atoms with Gasteiger partial charge >= 0.3 is 0 Å². The molecule has 8 heteroatoms. The molecule has 3 fully saturated rings. The molecule has 1 amide bonds. The lowest BCUT2D eigenvalue weighted by atomic mass is 9.89. The van der Waals surface area contributed by atoms with Gasteiger partial charge in [-0.15, -0.1) is 0 Å². The van der Waals surface area contributed by atoms with Crippen LogP contribution < -0.4 is 16.0 Å². The second kappa shape index (κ2) is 9.75. The van der Waals surface area contributed by atoms with E-state index in [-0.39, 0.29) is 24.3 Å². The van der Waals surface area contributed by atoms with E-state index in [4.69, 9.17) is 5.73 Å².